The van der Waals surface area contributed by atoms with Gasteiger partial charge in [0.05, 0.1) is 10.5 Å². The molecule has 1 aromatic carbocycles. The third-order valence-electron chi connectivity index (χ3n) is 3.86. The van der Waals surface area contributed by atoms with Gasteiger partial charge in [-0.3, -0.25) is 10.1 Å². The highest BCUT2D eigenvalue weighted by Gasteiger charge is 2.29. The number of hydrogen-bond donors (Lipinski definition) is 2. The molecule has 7 nitrogen and oxygen atoms in total. The van der Waals surface area contributed by atoms with Gasteiger partial charge in [-0.2, -0.15) is 0 Å². The van der Waals surface area contributed by atoms with Gasteiger partial charge in [-0.25, -0.2) is 4.79 Å². The molecule has 1 fully saturated rings. The molecule has 0 aliphatic carbocycles. The molecule has 0 bridgehead atoms. The lowest BCUT2D eigenvalue weighted by atomic mass is 9.82. The maximum Gasteiger partial charge on any atom is 0.338 e. The van der Waals surface area contributed by atoms with Gasteiger partial charge in [-0.1, -0.05) is 13.0 Å². The summed E-state index contributed by atoms with van der Waals surface area (Å²) in [5.41, 5.74) is -0.286. The van der Waals surface area contributed by atoms with Crippen molar-refractivity contribution >= 4 is 17.3 Å². The quantitative estimate of drug-likeness (QED) is 0.639. The van der Waals surface area contributed by atoms with Crippen molar-refractivity contribution in [3.05, 3.63) is 33.9 Å². The van der Waals surface area contributed by atoms with Crippen molar-refractivity contribution in [3.63, 3.8) is 0 Å². The molecule has 1 heterocycles. The van der Waals surface area contributed by atoms with Crippen LogP contribution in [0.1, 0.15) is 30.1 Å². The molecule has 2 rings (SSSR count). The summed E-state index contributed by atoms with van der Waals surface area (Å²) in [7, 11) is 0. The van der Waals surface area contributed by atoms with E-state index in [1.165, 1.54) is 18.2 Å². The minimum Gasteiger partial charge on any atom is -0.478 e. The Morgan fingerprint density at radius 1 is 1.48 bits per heavy atom. The Labute approximate surface area is 122 Å². The van der Waals surface area contributed by atoms with Gasteiger partial charge in [0.15, 0.2) is 0 Å². The average molecular weight is 294 g/mol. The first kappa shape index (κ1) is 15.2. The second kappa shape index (κ2) is 6.09. The van der Waals surface area contributed by atoms with Crippen LogP contribution in [0.3, 0.4) is 0 Å². The summed E-state index contributed by atoms with van der Waals surface area (Å²) >= 11 is 0. The molecule has 21 heavy (non-hydrogen) atoms. The van der Waals surface area contributed by atoms with Gasteiger partial charge in [0, 0.05) is 25.8 Å². The second-order valence-corrected chi connectivity index (χ2v) is 5.54. The number of nitrogens with zero attached hydrogens (tertiary/aromatic N) is 1. The van der Waals surface area contributed by atoms with Crippen molar-refractivity contribution in [2.75, 3.05) is 25.1 Å². The largest absolute Gasteiger partial charge is 0.478 e. The van der Waals surface area contributed by atoms with Crippen molar-refractivity contribution in [1.29, 1.82) is 0 Å². The summed E-state index contributed by atoms with van der Waals surface area (Å²) in [5, 5.41) is 23.2. The maximum absolute atomic E-state index is 11.2. The molecule has 0 aromatic heterocycles. The Kier molecular flexibility index (Phi) is 4.42. The molecule has 1 aromatic rings. The first-order chi connectivity index (χ1) is 9.93. The van der Waals surface area contributed by atoms with Crippen LogP contribution in [0.15, 0.2) is 18.2 Å². The molecular weight excluding hydrogens is 276 g/mol. The van der Waals surface area contributed by atoms with Crippen LogP contribution in [0.2, 0.25) is 0 Å². The van der Waals surface area contributed by atoms with Gasteiger partial charge in [-0.15, -0.1) is 0 Å². The maximum atomic E-state index is 11.2. The fraction of sp³-hybridized carbons (Fsp3) is 0.500. The molecule has 0 atom stereocenters. The molecule has 114 valence electrons. The molecule has 1 aliphatic heterocycles. The molecule has 0 saturated carbocycles. The van der Waals surface area contributed by atoms with Crippen molar-refractivity contribution in [2.45, 2.75) is 19.8 Å². The molecule has 0 unspecified atom stereocenters. The van der Waals surface area contributed by atoms with E-state index in [0.717, 1.165) is 12.8 Å². The normalized spacial score (nSPS) is 17.2. The van der Waals surface area contributed by atoms with E-state index >= 15 is 0 Å². The molecule has 0 radical (unpaired) electrons. The molecule has 7 heteroatoms. The Hall–Kier alpha value is -2.15. The number of carboxylic acid groups (broad SMARTS) is 1. The number of anilines is 1. The van der Waals surface area contributed by atoms with E-state index in [-0.39, 0.29) is 22.4 Å². The standard InChI is InChI=1S/C14H18N2O5/c1-14(5-7-21-8-6-14)9-15-12-10(13(17)18)3-2-4-11(12)16(19)20/h2-4,15H,5-9H2,1H3,(H,17,18). The summed E-state index contributed by atoms with van der Waals surface area (Å²) in [6.07, 6.45) is 1.67. The summed E-state index contributed by atoms with van der Waals surface area (Å²) in [4.78, 5) is 21.8. The Morgan fingerprint density at radius 2 is 2.14 bits per heavy atom. The van der Waals surface area contributed by atoms with E-state index < -0.39 is 10.9 Å². The fourth-order valence-corrected chi connectivity index (χ4v) is 2.40. The van der Waals surface area contributed by atoms with E-state index in [9.17, 15) is 20.0 Å². The van der Waals surface area contributed by atoms with Crippen LogP contribution in [-0.2, 0) is 4.74 Å². The van der Waals surface area contributed by atoms with Crippen LogP contribution < -0.4 is 5.32 Å². The van der Waals surface area contributed by atoms with E-state index in [1.807, 2.05) is 0 Å². The minimum absolute atomic E-state index is 0.0578. The molecule has 0 spiro atoms. The number of carbonyl (C=O) groups is 1. The highest BCUT2D eigenvalue weighted by molar-refractivity contribution is 5.96. The predicted molar refractivity (Wildman–Crippen MR) is 76.7 cm³/mol. The number of hydrogen-bond acceptors (Lipinski definition) is 5. The number of nitro benzene ring substituents is 1. The third-order valence-corrected chi connectivity index (χ3v) is 3.86. The number of carboxylic acids is 1. The van der Waals surface area contributed by atoms with Crippen LogP contribution in [-0.4, -0.2) is 35.8 Å². The topological polar surface area (TPSA) is 102 Å². The summed E-state index contributed by atoms with van der Waals surface area (Å²) in [6.45, 7) is 3.85. The first-order valence-corrected chi connectivity index (χ1v) is 6.75. The number of ether oxygens (including phenoxy) is 1. The van der Waals surface area contributed by atoms with Gasteiger partial charge in [0.2, 0.25) is 0 Å². The van der Waals surface area contributed by atoms with Crippen molar-refractivity contribution < 1.29 is 19.6 Å². The molecule has 1 saturated heterocycles. The zero-order valence-corrected chi connectivity index (χ0v) is 11.8. The van der Waals surface area contributed by atoms with Crippen molar-refractivity contribution in [1.82, 2.24) is 0 Å². The minimum atomic E-state index is -1.18. The number of benzene rings is 1. The zero-order valence-electron chi connectivity index (χ0n) is 11.8. The zero-order chi connectivity index (χ0) is 15.5. The van der Waals surface area contributed by atoms with Gasteiger partial charge >= 0.3 is 5.97 Å². The monoisotopic (exact) mass is 294 g/mol. The average Bonchev–Trinajstić information content (AvgIpc) is 2.45. The van der Waals surface area contributed by atoms with Crippen LogP contribution in [0.4, 0.5) is 11.4 Å². The molecule has 1 aliphatic rings. The molecule has 0 amide bonds. The Bertz CT molecular complexity index is 520. The lowest BCUT2D eigenvalue weighted by molar-refractivity contribution is -0.384. The highest BCUT2D eigenvalue weighted by atomic mass is 16.6. The van der Waals surface area contributed by atoms with E-state index in [1.54, 1.807) is 0 Å². The summed E-state index contributed by atoms with van der Waals surface area (Å²) in [5.74, 6) is -1.18. The van der Waals surface area contributed by atoms with E-state index in [2.05, 4.69) is 12.2 Å². The highest BCUT2D eigenvalue weighted by Crippen LogP contribution is 2.33. The van der Waals surface area contributed by atoms with Gasteiger partial charge in [-0.05, 0) is 24.3 Å². The van der Waals surface area contributed by atoms with Gasteiger partial charge < -0.3 is 15.2 Å². The molecule has 2 N–H and O–H groups in total. The lowest BCUT2D eigenvalue weighted by Gasteiger charge is -2.34. The third kappa shape index (κ3) is 3.49. The predicted octanol–water partition coefficient (Wildman–Crippen LogP) is 2.52. The van der Waals surface area contributed by atoms with E-state index in [4.69, 9.17) is 4.74 Å². The number of rotatable bonds is 5. The van der Waals surface area contributed by atoms with Crippen molar-refractivity contribution in [2.24, 2.45) is 5.41 Å². The Balaban J connectivity index is 2.25. The number of para-hydroxylation sites is 1. The lowest BCUT2D eigenvalue weighted by Crippen LogP contribution is -2.33. The number of nitrogens with one attached hydrogen (secondary N) is 1. The SMILES string of the molecule is CC1(CNc2c(C(=O)O)cccc2[N+](=O)[O-])CCOCC1. The summed E-state index contributed by atoms with van der Waals surface area (Å²) in [6, 6.07) is 4.05. The second-order valence-electron chi connectivity index (χ2n) is 5.54. The van der Waals surface area contributed by atoms with Crippen LogP contribution in [0, 0.1) is 15.5 Å². The van der Waals surface area contributed by atoms with Gasteiger partial charge in [0.1, 0.15) is 5.69 Å². The number of nitro groups is 1. The van der Waals surface area contributed by atoms with Crippen LogP contribution >= 0.6 is 0 Å². The van der Waals surface area contributed by atoms with Crippen molar-refractivity contribution in [3.8, 4) is 0 Å². The van der Waals surface area contributed by atoms with Gasteiger partial charge in [0.25, 0.3) is 5.69 Å². The Morgan fingerprint density at radius 3 is 2.71 bits per heavy atom. The number of aromatic carboxylic acids is 1. The smallest absolute Gasteiger partial charge is 0.338 e. The van der Waals surface area contributed by atoms with E-state index in [0.29, 0.717) is 19.8 Å². The molecular formula is C14H18N2O5. The first-order valence-electron chi connectivity index (χ1n) is 6.75. The van der Waals surface area contributed by atoms with Crippen LogP contribution in [0.5, 0.6) is 0 Å². The van der Waals surface area contributed by atoms with Crippen LogP contribution in [0.25, 0.3) is 0 Å². The summed E-state index contributed by atoms with van der Waals surface area (Å²) < 4.78 is 5.31. The fourth-order valence-electron chi connectivity index (χ4n) is 2.40.